The van der Waals surface area contributed by atoms with Crippen molar-refractivity contribution in [2.24, 2.45) is 0 Å². The molecule has 5 rings (SSSR count). The van der Waals surface area contributed by atoms with Gasteiger partial charge in [-0.25, -0.2) is 9.48 Å². The van der Waals surface area contributed by atoms with Gasteiger partial charge < -0.3 is 19.9 Å². The Hall–Kier alpha value is -4.28. The molecule has 1 saturated heterocycles. The Morgan fingerprint density at radius 2 is 1.94 bits per heavy atom. The number of nitrogens with zero attached hydrogens (tertiary/aromatic N) is 3. The Morgan fingerprint density at radius 3 is 2.66 bits per heavy atom. The van der Waals surface area contributed by atoms with Crippen LogP contribution in [-0.4, -0.2) is 51.4 Å². The standard InChI is InChI=1S/C24H20F3N5O3/c25-24(26,27)17-2-4-18(5-3-17)32-14-16(12-29-32)15-1-6-20-19(11-15)21(13-28-20)30-22(33)7-8-31-9-10-35-23(31)34/h1-6,11-14,28H,7-10H2,(H,30,33). The predicted octanol–water partition coefficient (Wildman–Crippen LogP) is 4.82. The number of aromatic nitrogens is 3. The highest BCUT2D eigenvalue weighted by molar-refractivity contribution is 6.03. The van der Waals surface area contributed by atoms with Gasteiger partial charge in [-0.05, 0) is 42.0 Å². The molecule has 1 aliphatic rings. The molecule has 1 fully saturated rings. The molecule has 11 heteroatoms. The number of ether oxygens (including phenoxy) is 1. The van der Waals surface area contributed by atoms with Gasteiger partial charge in [0.2, 0.25) is 5.91 Å². The summed E-state index contributed by atoms with van der Waals surface area (Å²) in [5.74, 6) is -0.230. The molecule has 0 spiro atoms. The molecular formula is C24H20F3N5O3. The Morgan fingerprint density at radius 1 is 1.14 bits per heavy atom. The van der Waals surface area contributed by atoms with E-state index in [9.17, 15) is 22.8 Å². The Kier molecular flexibility index (Phi) is 5.67. The fraction of sp³-hybridized carbons (Fsp3) is 0.208. The highest BCUT2D eigenvalue weighted by Gasteiger charge is 2.30. The van der Waals surface area contributed by atoms with Crippen molar-refractivity contribution in [1.29, 1.82) is 0 Å². The number of H-pyrrole nitrogens is 1. The van der Waals surface area contributed by atoms with E-state index in [1.165, 1.54) is 21.7 Å². The largest absolute Gasteiger partial charge is 0.448 e. The fourth-order valence-electron chi connectivity index (χ4n) is 3.90. The van der Waals surface area contributed by atoms with E-state index in [-0.39, 0.29) is 18.9 Å². The van der Waals surface area contributed by atoms with Gasteiger partial charge in [-0.15, -0.1) is 0 Å². The average Bonchev–Trinajstić information content (AvgIpc) is 3.57. The number of benzene rings is 2. The van der Waals surface area contributed by atoms with Crippen LogP contribution >= 0.6 is 0 Å². The molecule has 2 amide bonds. The van der Waals surface area contributed by atoms with Crippen LogP contribution < -0.4 is 5.32 Å². The van der Waals surface area contributed by atoms with Gasteiger partial charge in [0.1, 0.15) is 6.61 Å². The van der Waals surface area contributed by atoms with Crippen LogP contribution in [0.25, 0.3) is 27.7 Å². The van der Waals surface area contributed by atoms with Crippen LogP contribution in [0, 0.1) is 0 Å². The van der Waals surface area contributed by atoms with Crippen LogP contribution in [0.15, 0.2) is 61.1 Å². The summed E-state index contributed by atoms with van der Waals surface area (Å²) in [6, 6.07) is 10.4. The van der Waals surface area contributed by atoms with E-state index in [2.05, 4.69) is 15.4 Å². The first-order valence-electron chi connectivity index (χ1n) is 10.8. The lowest BCUT2D eigenvalue weighted by molar-refractivity contribution is -0.137. The zero-order chi connectivity index (χ0) is 24.6. The minimum absolute atomic E-state index is 0.140. The molecule has 0 radical (unpaired) electrons. The number of hydrogen-bond acceptors (Lipinski definition) is 4. The zero-order valence-corrected chi connectivity index (χ0v) is 18.3. The Balaban J connectivity index is 1.32. The summed E-state index contributed by atoms with van der Waals surface area (Å²) in [6.45, 7) is 1.09. The molecule has 0 bridgehead atoms. The quantitative estimate of drug-likeness (QED) is 0.411. The number of carbonyl (C=O) groups excluding carboxylic acids is 2. The van der Waals surface area contributed by atoms with Crippen LogP contribution in [-0.2, 0) is 15.7 Å². The summed E-state index contributed by atoms with van der Waals surface area (Å²) in [4.78, 5) is 28.5. The highest BCUT2D eigenvalue weighted by Crippen LogP contribution is 2.31. The molecule has 0 atom stereocenters. The molecule has 2 N–H and O–H groups in total. The lowest BCUT2D eigenvalue weighted by Gasteiger charge is -2.11. The van der Waals surface area contributed by atoms with Crippen molar-refractivity contribution >= 4 is 28.6 Å². The minimum Gasteiger partial charge on any atom is -0.448 e. The second-order valence-corrected chi connectivity index (χ2v) is 8.08. The van der Waals surface area contributed by atoms with E-state index in [4.69, 9.17) is 4.74 Å². The number of carbonyl (C=O) groups is 2. The molecule has 1 aliphatic heterocycles. The van der Waals surface area contributed by atoms with E-state index >= 15 is 0 Å². The number of nitrogens with one attached hydrogen (secondary N) is 2. The molecule has 0 aliphatic carbocycles. The smallest absolute Gasteiger partial charge is 0.416 e. The monoisotopic (exact) mass is 483 g/mol. The number of cyclic esters (lactones) is 1. The maximum absolute atomic E-state index is 12.8. The SMILES string of the molecule is O=C(CCN1CCOC1=O)Nc1c[nH]c2ccc(-c3cnn(-c4ccc(C(F)(F)F)cc4)c3)cc12. The lowest BCUT2D eigenvalue weighted by Crippen LogP contribution is -2.28. The van der Waals surface area contributed by atoms with E-state index in [0.29, 0.717) is 24.5 Å². The summed E-state index contributed by atoms with van der Waals surface area (Å²) < 4.78 is 44.8. The Labute approximate surface area is 197 Å². The second kappa shape index (κ2) is 8.82. The molecule has 0 saturated carbocycles. The van der Waals surface area contributed by atoms with Crippen LogP contribution in [0.3, 0.4) is 0 Å². The van der Waals surface area contributed by atoms with E-state index < -0.39 is 17.8 Å². The van der Waals surface area contributed by atoms with Gasteiger partial charge in [0.15, 0.2) is 0 Å². The number of halogens is 3. The van der Waals surface area contributed by atoms with Gasteiger partial charge in [0, 0.05) is 41.8 Å². The first kappa shape index (κ1) is 22.5. The molecule has 4 aromatic rings. The van der Waals surface area contributed by atoms with Crippen molar-refractivity contribution < 1.29 is 27.5 Å². The molecule has 3 heterocycles. The average molecular weight is 483 g/mol. The van der Waals surface area contributed by atoms with E-state index in [0.717, 1.165) is 34.2 Å². The fourth-order valence-corrected chi connectivity index (χ4v) is 3.90. The van der Waals surface area contributed by atoms with Crippen LogP contribution in [0.5, 0.6) is 0 Å². The molecule has 2 aromatic heterocycles. The molecular weight excluding hydrogens is 463 g/mol. The van der Waals surface area contributed by atoms with Crippen molar-refractivity contribution in [3.8, 4) is 16.8 Å². The topological polar surface area (TPSA) is 92.2 Å². The normalized spacial score (nSPS) is 13.9. The zero-order valence-electron chi connectivity index (χ0n) is 18.3. The minimum atomic E-state index is -4.40. The Bertz CT molecular complexity index is 1390. The molecule has 2 aromatic carbocycles. The number of aromatic amines is 1. The van der Waals surface area contributed by atoms with Gasteiger partial charge in [-0.2, -0.15) is 18.3 Å². The van der Waals surface area contributed by atoms with E-state index in [1.54, 1.807) is 18.6 Å². The molecule has 180 valence electrons. The molecule has 35 heavy (non-hydrogen) atoms. The maximum Gasteiger partial charge on any atom is 0.416 e. The third kappa shape index (κ3) is 4.70. The summed E-state index contributed by atoms with van der Waals surface area (Å²) in [7, 11) is 0. The van der Waals surface area contributed by atoms with Gasteiger partial charge >= 0.3 is 12.3 Å². The summed E-state index contributed by atoms with van der Waals surface area (Å²) >= 11 is 0. The second-order valence-electron chi connectivity index (χ2n) is 8.08. The first-order chi connectivity index (χ1) is 16.8. The highest BCUT2D eigenvalue weighted by atomic mass is 19.4. The van der Waals surface area contributed by atoms with Crippen molar-refractivity contribution in [1.82, 2.24) is 19.7 Å². The van der Waals surface area contributed by atoms with Crippen molar-refractivity contribution in [2.45, 2.75) is 12.6 Å². The van der Waals surface area contributed by atoms with E-state index in [1.807, 2.05) is 18.2 Å². The summed E-state index contributed by atoms with van der Waals surface area (Å²) in [5, 5.41) is 7.94. The van der Waals surface area contributed by atoms with Gasteiger partial charge in [0.25, 0.3) is 0 Å². The third-order valence-electron chi connectivity index (χ3n) is 5.78. The number of fused-ring (bicyclic) bond motifs is 1. The van der Waals surface area contributed by atoms with Gasteiger partial charge in [0.05, 0.1) is 29.7 Å². The molecule has 0 unspecified atom stereocenters. The van der Waals surface area contributed by atoms with Crippen LogP contribution in [0.2, 0.25) is 0 Å². The van der Waals surface area contributed by atoms with Crippen LogP contribution in [0.1, 0.15) is 12.0 Å². The maximum atomic E-state index is 12.8. The van der Waals surface area contributed by atoms with Gasteiger partial charge in [-0.1, -0.05) is 6.07 Å². The number of hydrogen-bond donors (Lipinski definition) is 2. The number of anilines is 1. The van der Waals surface area contributed by atoms with Crippen molar-refractivity contribution in [3.05, 3.63) is 66.6 Å². The van der Waals surface area contributed by atoms with Crippen molar-refractivity contribution in [2.75, 3.05) is 25.0 Å². The third-order valence-corrected chi connectivity index (χ3v) is 5.78. The number of amides is 2. The van der Waals surface area contributed by atoms with Crippen LogP contribution in [0.4, 0.5) is 23.7 Å². The number of rotatable bonds is 6. The van der Waals surface area contributed by atoms with Crippen molar-refractivity contribution in [3.63, 3.8) is 0 Å². The van der Waals surface area contributed by atoms with Gasteiger partial charge in [-0.3, -0.25) is 4.79 Å². The first-order valence-corrected chi connectivity index (χ1v) is 10.8. The summed E-state index contributed by atoms with van der Waals surface area (Å²) in [5.41, 5.74) is 2.79. The predicted molar refractivity (Wildman–Crippen MR) is 122 cm³/mol. The summed E-state index contributed by atoms with van der Waals surface area (Å²) in [6.07, 6.45) is 0.380. The lowest BCUT2D eigenvalue weighted by atomic mass is 10.1. The molecule has 8 nitrogen and oxygen atoms in total. The number of alkyl halides is 3.